The number of carbonyl (C=O) groups is 1. The number of hydrogen-bond donors (Lipinski definition) is 0. The normalized spacial score (nSPS) is 39.9. The van der Waals surface area contributed by atoms with Gasteiger partial charge in [0.1, 0.15) is 6.61 Å². The van der Waals surface area contributed by atoms with Crippen molar-refractivity contribution in [1.82, 2.24) is 0 Å². The zero-order valence-electron chi connectivity index (χ0n) is 10.6. The van der Waals surface area contributed by atoms with Gasteiger partial charge in [0, 0.05) is 0 Å². The highest BCUT2D eigenvalue weighted by molar-refractivity contribution is 5.90. The molecule has 2 fully saturated rings. The fourth-order valence-corrected chi connectivity index (χ4v) is 3.62. The number of carbonyl (C=O) groups excluding carboxylic acids is 1. The predicted molar refractivity (Wildman–Crippen MR) is 64.2 cm³/mol. The highest BCUT2D eigenvalue weighted by Crippen LogP contribution is 2.66. The SMILES string of the molecule is C=CC(=O)COC1CC2CCC1(C)C2(C)C. The van der Waals surface area contributed by atoms with Crippen LogP contribution in [-0.2, 0) is 9.53 Å². The fraction of sp³-hybridized carbons (Fsp3) is 0.786. The van der Waals surface area contributed by atoms with Crippen molar-refractivity contribution in [3.8, 4) is 0 Å². The topological polar surface area (TPSA) is 26.3 Å². The van der Waals surface area contributed by atoms with Gasteiger partial charge in [-0.05, 0) is 42.1 Å². The van der Waals surface area contributed by atoms with E-state index in [0.29, 0.717) is 5.41 Å². The third kappa shape index (κ3) is 1.46. The van der Waals surface area contributed by atoms with Crippen molar-refractivity contribution in [1.29, 1.82) is 0 Å². The number of ether oxygens (including phenoxy) is 1. The lowest BCUT2D eigenvalue weighted by Gasteiger charge is -2.38. The number of ketones is 1. The molecule has 2 rings (SSSR count). The summed E-state index contributed by atoms with van der Waals surface area (Å²) in [4.78, 5) is 11.2. The van der Waals surface area contributed by atoms with Crippen LogP contribution in [0.25, 0.3) is 0 Å². The molecule has 0 aromatic carbocycles. The zero-order chi connectivity index (χ0) is 12.0. The van der Waals surface area contributed by atoms with E-state index in [0.717, 1.165) is 12.3 Å². The van der Waals surface area contributed by atoms with Crippen molar-refractivity contribution < 1.29 is 9.53 Å². The van der Waals surface area contributed by atoms with Crippen molar-refractivity contribution >= 4 is 5.78 Å². The Kier molecular flexibility index (Phi) is 2.73. The largest absolute Gasteiger partial charge is 0.369 e. The van der Waals surface area contributed by atoms with Crippen LogP contribution in [0.4, 0.5) is 0 Å². The van der Waals surface area contributed by atoms with Crippen molar-refractivity contribution in [3.05, 3.63) is 12.7 Å². The number of rotatable bonds is 4. The van der Waals surface area contributed by atoms with Crippen LogP contribution in [0.2, 0.25) is 0 Å². The van der Waals surface area contributed by atoms with Crippen LogP contribution in [0.1, 0.15) is 40.0 Å². The van der Waals surface area contributed by atoms with E-state index in [1.54, 1.807) is 0 Å². The molecule has 0 amide bonds. The lowest BCUT2D eigenvalue weighted by molar-refractivity contribution is -0.125. The Balaban J connectivity index is 2.04. The molecule has 2 nitrogen and oxygen atoms in total. The molecule has 0 heterocycles. The highest BCUT2D eigenvalue weighted by Gasteiger charge is 2.61. The smallest absolute Gasteiger partial charge is 0.180 e. The molecule has 0 aliphatic heterocycles. The summed E-state index contributed by atoms with van der Waals surface area (Å²) >= 11 is 0. The van der Waals surface area contributed by atoms with E-state index in [1.807, 2.05) is 0 Å². The van der Waals surface area contributed by atoms with Gasteiger partial charge in [0.25, 0.3) is 0 Å². The molecule has 2 saturated carbocycles. The van der Waals surface area contributed by atoms with Crippen LogP contribution >= 0.6 is 0 Å². The molecule has 0 N–H and O–H groups in total. The first kappa shape index (κ1) is 11.8. The Bertz CT molecular complexity index is 319. The summed E-state index contributed by atoms with van der Waals surface area (Å²) in [7, 11) is 0. The van der Waals surface area contributed by atoms with Gasteiger partial charge in [0.15, 0.2) is 5.78 Å². The molecule has 2 bridgehead atoms. The molecule has 3 atom stereocenters. The van der Waals surface area contributed by atoms with E-state index in [-0.39, 0.29) is 23.9 Å². The van der Waals surface area contributed by atoms with E-state index < -0.39 is 0 Å². The van der Waals surface area contributed by atoms with Gasteiger partial charge in [-0.25, -0.2) is 0 Å². The van der Waals surface area contributed by atoms with Gasteiger partial charge < -0.3 is 4.74 Å². The molecule has 90 valence electrons. The highest BCUT2D eigenvalue weighted by atomic mass is 16.5. The summed E-state index contributed by atoms with van der Waals surface area (Å²) in [6, 6.07) is 0. The first-order valence-corrected chi connectivity index (χ1v) is 6.18. The average Bonchev–Trinajstić information content (AvgIpc) is 2.58. The summed E-state index contributed by atoms with van der Waals surface area (Å²) in [6.07, 6.45) is 5.27. The summed E-state index contributed by atoms with van der Waals surface area (Å²) < 4.78 is 5.81. The summed E-state index contributed by atoms with van der Waals surface area (Å²) in [5.74, 6) is 0.755. The molecule has 0 aromatic rings. The maximum atomic E-state index is 11.2. The Morgan fingerprint density at radius 1 is 1.50 bits per heavy atom. The molecule has 16 heavy (non-hydrogen) atoms. The first-order chi connectivity index (χ1) is 7.41. The van der Waals surface area contributed by atoms with E-state index in [9.17, 15) is 4.79 Å². The molecule has 2 aliphatic carbocycles. The minimum absolute atomic E-state index is 0.0100. The maximum Gasteiger partial charge on any atom is 0.180 e. The Hall–Kier alpha value is -0.630. The minimum Gasteiger partial charge on any atom is -0.369 e. The third-order valence-corrected chi connectivity index (χ3v) is 5.37. The molecule has 0 aromatic heterocycles. The van der Waals surface area contributed by atoms with Crippen LogP contribution in [0.3, 0.4) is 0 Å². The minimum atomic E-state index is -0.0100. The van der Waals surface area contributed by atoms with E-state index in [4.69, 9.17) is 4.74 Å². The number of hydrogen-bond acceptors (Lipinski definition) is 2. The Morgan fingerprint density at radius 3 is 2.62 bits per heavy atom. The second-order valence-electron chi connectivity index (χ2n) is 6.08. The monoisotopic (exact) mass is 222 g/mol. The molecule has 0 radical (unpaired) electrons. The van der Waals surface area contributed by atoms with Gasteiger partial charge in [0.05, 0.1) is 6.10 Å². The molecule has 2 aliphatic rings. The maximum absolute atomic E-state index is 11.2. The molecular formula is C14H22O2. The van der Waals surface area contributed by atoms with E-state index in [2.05, 4.69) is 27.4 Å². The van der Waals surface area contributed by atoms with Crippen LogP contribution in [0, 0.1) is 16.7 Å². The molecular weight excluding hydrogens is 200 g/mol. The Labute approximate surface area is 98.1 Å². The van der Waals surface area contributed by atoms with Gasteiger partial charge in [-0.3, -0.25) is 4.79 Å². The van der Waals surface area contributed by atoms with Gasteiger partial charge in [-0.15, -0.1) is 0 Å². The second kappa shape index (κ2) is 3.69. The van der Waals surface area contributed by atoms with Crippen molar-refractivity contribution in [3.63, 3.8) is 0 Å². The third-order valence-electron chi connectivity index (χ3n) is 5.37. The second-order valence-corrected chi connectivity index (χ2v) is 6.08. The van der Waals surface area contributed by atoms with Crippen molar-refractivity contribution in [2.45, 2.75) is 46.1 Å². The molecule has 2 heteroatoms. The van der Waals surface area contributed by atoms with Gasteiger partial charge in [0.2, 0.25) is 0 Å². The molecule has 0 saturated heterocycles. The van der Waals surface area contributed by atoms with Gasteiger partial charge in [-0.2, -0.15) is 0 Å². The quantitative estimate of drug-likeness (QED) is 0.684. The van der Waals surface area contributed by atoms with Crippen LogP contribution in [-0.4, -0.2) is 18.5 Å². The van der Waals surface area contributed by atoms with Gasteiger partial charge in [-0.1, -0.05) is 27.4 Å². The van der Waals surface area contributed by atoms with E-state index >= 15 is 0 Å². The van der Waals surface area contributed by atoms with E-state index in [1.165, 1.54) is 18.9 Å². The summed E-state index contributed by atoms with van der Waals surface area (Å²) in [6.45, 7) is 10.7. The molecule has 3 unspecified atom stereocenters. The van der Waals surface area contributed by atoms with Gasteiger partial charge >= 0.3 is 0 Å². The lowest BCUT2D eigenvalue weighted by Crippen LogP contribution is -2.37. The summed E-state index contributed by atoms with van der Waals surface area (Å²) in [5.41, 5.74) is 0.605. The zero-order valence-corrected chi connectivity index (χ0v) is 10.6. The Morgan fingerprint density at radius 2 is 2.19 bits per heavy atom. The van der Waals surface area contributed by atoms with Crippen LogP contribution < -0.4 is 0 Å². The van der Waals surface area contributed by atoms with Crippen LogP contribution in [0.5, 0.6) is 0 Å². The van der Waals surface area contributed by atoms with Crippen molar-refractivity contribution in [2.75, 3.05) is 6.61 Å². The van der Waals surface area contributed by atoms with Crippen molar-refractivity contribution in [2.24, 2.45) is 16.7 Å². The standard InChI is InChI=1S/C14H22O2/c1-5-11(15)9-16-12-8-10-6-7-14(12,4)13(10,2)3/h5,10,12H,1,6-9H2,2-4H3. The number of fused-ring (bicyclic) bond motifs is 2. The first-order valence-electron chi connectivity index (χ1n) is 6.18. The summed E-state index contributed by atoms with van der Waals surface area (Å²) in [5, 5.41) is 0. The average molecular weight is 222 g/mol. The molecule has 0 spiro atoms. The van der Waals surface area contributed by atoms with Crippen LogP contribution in [0.15, 0.2) is 12.7 Å². The predicted octanol–water partition coefficient (Wildman–Crippen LogP) is 2.97. The lowest BCUT2D eigenvalue weighted by atomic mass is 9.70. The fourth-order valence-electron chi connectivity index (χ4n) is 3.62.